The lowest BCUT2D eigenvalue weighted by Crippen LogP contribution is -2.07. The third kappa shape index (κ3) is 3.17. The van der Waals surface area contributed by atoms with Gasteiger partial charge in [0.1, 0.15) is 0 Å². The number of fused-ring (bicyclic) bond motifs is 1. The van der Waals surface area contributed by atoms with Gasteiger partial charge in [-0.15, -0.1) is 0 Å². The highest BCUT2D eigenvalue weighted by molar-refractivity contribution is 6.32. The molecule has 4 nitrogen and oxygen atoms in total. The van der Waals surface area contributed by atoms with Gasteiger partial charge in [0.25, 0.3) is 0 Å². The van der Waals surface area contributed by atoms with Gasteiger partial charge in [0.05, 0.1) is 0 Å². The van der Waals surface area contributed by atoms with Crippen LogP contribution in [0.2, 0.25) is 5.02 Å². The first-order valence-corrected chi connectivity index (χ1v) is 6.73. The molecule has 1 N–H and O–H groups in total. The summed E-state index contributed by atoms with van der Waals surface area (Å²) in [7, 11) is 0. The van der Waals surface area contributed by atoms with Crippen molar-refractivity contribution in [1.82, 2.24) is 0 Å². The zero-order valence-corrected chi connectivity index (χ0v) is 11.8. The molecule has 0 saturated carbocycles. The van der Waals surface area contributed by atoms with Crippen molar-refractivity contribution in [3.63, 3.8) is 0 Å². The summed E-state index contributed by atoms with van der Waals surface area (Å²) in [6, 6.07) is 12.6. The predicted molar refractivity (Wildman–Crippen MR) is 81.7 cm³/mol. The number of carbonyl (C=O) groups excluding carboxylic acids is 1. The first-order chi connectivity index (χ1) is 10.2. The molecule has 0 fully saturated rings. The Morgan fingerprint density at radius 2 is 1.95 bits per heavy atom. The van der Waals surface area contributed by atoms with E-state index in [2.05, 4.69) is 5.32 Å². The molecule has 106 valence electrons. The van der Waals surface area contributed by atoms with Crippen molar-refractivity contribution in [3.8, 4) is 11.5 Å². The zero-order chi connectivity index (χ0) is 14.7. The monoisotopic (exact) mass is 301 g/mol. The maximum Gasteiger partial charge on any atom is 0.248 e. The molecule has 3 rings (SSSR count). The highest BCUT2D eigenvalue weighted by atomic mass is 35.5. The van der Waals surface area contributed by atoms with Crippen LogP contribution in [-0.4, -0.2) is 12.7 Å². The van der Waals surface area contributed by atoms with Gasteiger partial charge < -0.3 is 14.8 Å². The maximum atomic E-state index is 11.9. The van der Waals surface area contributed by atoms with Crippen LogP contribution in [0.15, 0.2) is 48.5 Å². The number of rotatable bonds is 3. The number of ether oxygens (including phenoxy) is 2. The van der Waals surface area contributed by atoms with Crippen molar-refractivity contribution >= 4 is 29.3 Å². The third-order valence-corrected chi connectivity index (χ3v) is 3.30. The molecule has 0 saturated heterocycles. The number of amides is 1. The molecule has 1 aliphatic heterocycles. The molecule has 21 heavy (non-hydrogen) atoms. The van der Waals surface area contributed by atoms with E-state index in [0.29, 0.717) is 22.2 Å². The molecule has 2 aromatic rings. The summed E-state index contributed by atoms with van der Waals surface area (Å²) in [5, 5.41) is 3.36. The van der Waals surface area contributed by atoms with E-state index in [0.717, 1.165) is 5.56 Å². The molecular weight excluding hydrogens is 290 g/mol. The van der Waals surface area contributed by atoms with E-state index in [1.54, 1.807) is 30.3 Å². The number of halogens is 1. The quantitative estimate of drug-likeness (QED) is 0.879. The van der Waals surface area contributed by atoms with Crippen LogP contribution in [0.3, 0.4) is 0 Å². The summed E-state index contributed by atoms with van der Waals surface area (Å²) >= 11 is 6.02. The SMILES string of the molecule is O=C(C=Cc1ccccc1Cl)Nc1ccc2c(c1)OCO2. The lowest BCUT2D eigenvalue weighted by atomic mass is 10.2. The predicted octanol–water partition coefficient (Wildman–Crippen LogP) is 3.72. The van der Waals surface area contributed by atoms with Gasteiger partial charge >= 0.3 is 0 Å². The van der Waals surface area contributed by atoms with Gasteiger partial charge in [-0.25, -0.2) is 0 Å². The van der Waals surface area contributed by atoms with Gasteiger partial charge in [-0.2, -0.15) is 0 Å². The highest BCUT2D eigenvalue weighted by Crippen LogP contribution is 2.34. The van der Waals surface area contributed by atoms with Crippen molar-refractivity contribution in [2.75, 3.05) is 12.1 Å². The second kappa shape index (κ2) is 5.89. The maximum absolute atomic E-state index is 11.9. The van der Waals surface area contributed by atoms with Crippen molar-refractivity contribution in [2.45, 2.75) is 0 Å². The second-order valence-corrected chi connectivity index (χ2v) is 4.82. The molecule has 1 heterocycles. The lowest BCUT2D eigenvalue weighted by molar-refractivity contribution is -0.111. The molecule has 0 atom stereocenters. The average Bonchev–Trinajstić information content (AvgIpc) is 2.94. The smallest absolute Gasteiger partial charge is 0.248 e. The minimum absolute atomic E-state index is 0.207. The molecule has 0 spiro atoms. The Balaban J connectivity index is 1.68. The van der Waals surface area contributed by atoms with E-state index in [-0.39, 0.29) is 12.7 Å². The van der Waals surface area contributed by atoms with E-state index in [9.17, 15) is 4.79 Å². The number of nitrogens with one attached hydrogen (secondary N) is 1. The van der Waals surface area contributed by atoms with Crippen LogP contribution >= 0.6 is 11.6 Å². The van der Waals surface area contributed by atoms with E-state index in [4.69, 9.17) is 21.1 Å². The van der Waals surface area contributed by atoms with Crippen LogP contribution in [0.25, 0.3) is 6.08 Å². The summed E-state index contributed by atoms with van der Waals surface area (Å²) in [4.78, 5) is 11.9. The Morgan fingerprint density at radius 3 is 2.81 bits per heavy atom. The van der Waals surface area contributed by atoms with E-state index in [1.165, 1.54) is 6.08 Å². The van der Waals surface area contributed by atoms with Crippen LogP contribution in [0.4, 0.5) is 5.69 Å². The Labute approximate surface area is 126 Å². The first kappa shape index (κ1) is 13.5. The molecule has 1 aliphatic rings. The molecule has 0 unspecified atom stereocenters. The summed E-state index contributed by atoms with van der Waals surface area (Å²) < 4.78 is 10.5. The number of benzene rings is 2. The van der Waals surface area contributed by atoms with Gasteiger partial charge in [0, 0.05) is 22.9 Å². The van der Waals surface area contributed by atoms with Crippen molar-refractivity contribution in [2.24, 2.45) is 0 Å². The number of anilines is 1. The molecule has 5 heteroatoms. The van der Waals surface area contributed by atoms with Gasteiger partial charge in [0.15, 0.2) is 11.5 Å². The minimum Gasteiger partial charge on any atom is -0.454 e. The van der Waals surface area contributed by atoms with Crippen LogP contribution in [0, 0.1) is 0 Å². The van der Waals surface area contributed by atoms with E-state index < -0.39 is 0 Å². The molecular formula is C16H12ClNO3. The number of carbonyl (C=O) groups is 1. The van der Waals surface area contributed by atoms with Crippen molar-refractivity contribution in [1.29, 1.82) is 0 Å². The Bertz CT molecular complexity index is 712. The van der Waals surface area contributed by atoms with E-state index in [1.807, 2.05) is 18.2 Å². The topological polar surface area (TPSA) is 47.6 Å². The molecule has 0 bridgehead atoms. The summed E-state index contributed by atoms with van der Waals surface area (Å²) in [5.41, 5.74) is 1.44. The fraction of sp³-hybridized carbons (Fsp3) is 0.0625. The zero-order valence-electron chi connectivity index (χ0n) is 11.0. The third-order valence-electron chi connectivity index (χ3n) is 2.96. The number of hydrogen-bond donors (Lipinski definition) is 1. The molecule has 0 aromatic heterocycles. The molecule has 2 aromatic carbocycles. The lowest BCUT2D eigenvalue weighted by Gasteiger charge is -2.03. The van der Waals surface area contributed by atoms with Gasteiger partial charge in [0.2, 0.25) is 12.7 Å². The van der Waals surface area contributed by atoms with Gasteiger partial charge in [-0.05, 0) is 29.8 Å². The van der Waals surface area contributed by atoms with Crippen LogP contribution in [0.1, 0.15) is 5.56 Å². The fourth-order valence-corrected chi connectivity index (χ4v) is 2.13. The Hall–Kier alpha value is -2.46. The second-order valence-electron chi connectivity index (χ2n) is 4.41. The van der Waals surface area contributed by atoms with Crippen molar-refractivity contribution in [3.05, 3.63) is 59.1 Å². The van der Waals surface area contributed by atoms with Gasteiger partial charge in [-0.3, -0.25) is 4.79 Å². The molecule has 1 amide bonds. The van der Waals surface area contributed by atoms with E-state index >= 15 is 0 Å². The Morgan fingerprint density at radius 1 is 1.14 bits per heavy atom. The summed E-state index contributed by atoms with van der Waals surface area (Å²) in [6.07, 6.45) is 3.11. The largest absolute Gasteiger partial charge is 0.454 e. The Kier molecular flexibility index (Phi) is 3.79. The normalized spacial score (nSPS) is 12.6. The summed E-state index contributed by atoms with van der Waals surface area (Å²) in [5.74, 6) is 1.07. The average molecular weight is 302 g/mol. The minimum atomic E-state index is -0.242. The van der Waals surface area contributed by atoms with Crippen LogP contribution < -0.4 is 14.8 Å². The first-order valence-electron chi connectivity index (χ1n) is 6.35. The molecule has 0 radical (unpaired) electrons. The standard InChI is InChI=1S/C16H12ClNO3/c17-13-4-2-1-3-11(13)5-8-16(19)18-12-6-7-14-15(9-12)21-10-20-14/h1-9H,10H2,(H,18,19). The van der Waals surface area contributed by atoms with Crippen LogP contribution in [-0.2, 0) is 4.79 Å². The summed E-state index contributed by atoms with van der Waals surface area (Å²) in [6.45, 7) is 0.207. The fourth-order valence-electron chi connectivity index (χ4n) is 1.93. The number of hydrogen-bond acceptors (Lipinski definition) is 3. The van der Waals surface area contributed by atoms with Crippen LogP contribution in [0.5, 0.6) is 11.5 Å². The van der Waals surface area contributed by atoms with Crippen molar-refractivity contribution < 1.29 is 14.3 Å². The van der Waals surface area contributed by atoms with Gasteiger partial charge in [-0.1, -0.05) is 29.8 Å². The highest BCUT2D eigenvalue weighted by Gasteiger charge is 2.13. The molecule has 0 aliphatic carbocycles.